The highest BCUT2D eigenvalue weighted by Gasteiger charge is 2.42. The summed E-state index contributed by atoms with van der Waals surface area (Å²) in [6, 6.07) is 11.2. The fourth-order valence-electron chi connectivity index (χ4n) is 4.45. The van der Waals surface area contributed by atoms with Gasteiger partial charge in [-0.25, -0.2) is 4.39 Å². The van der Waals surface area contributed by atoms with Crippen molar-refractivity contribution in [3.63, 3.8) is 0 Å². The van der Waals surface area contributed by atoms with Gasteiger partial charge >= 0.3 is 0 Å². The van der Waals surface area contributed by atoms with Crippen LogP contribution < -0.4 is 20.1 Å². The third-order valence-electron chi connectivity index (χ3n) is 6.17. The molecule has 2 amide bonds. The number of anilines is 1. The summed E-state index contributed by atoms with van der Waals surface area (Å²) in [6.45, 7) is 0. The van der Waals surface area contributed by atoms with E-state index in [1.165, 1.54) is 24.2 Å². The summed E-state index contributed by atoms with van der Waals surface area (Å²) in [5.74, 6) is 0.322. The van der Waals surface area contributed by atoms with E-state index in [0.29, 0.717) is 34.9 Å². The summed E-state index contributed by atoms with van der Waals surface area (Å²) in [5.41, 5.74) is 1.09. The lowest BCUT2D eigenvalue weighted by molar-refractivity contribution is -0.126. The average Bonchev–Trinajstić information content (AvgIpc) is 3.13. The van der Waals surface area contributed by atoms with Crippen molar-refractivity contribution >= 4 is 29.3 Å². The van der Waals surface area contributed by atoms with Gasteiger partial charge < -0.3 is 20.1 Å². The molecule has 5 rings (SSSR count). The van der Waals surface area contributed by atoms with Crippen molar-refractivity contribution in [2.45, 2.75) is 55.6 Å². The fourth-order valence-corrected chi connectivity index (χ4v) is 5.62. The van der Waals surface area contributed by atoms with Crippen LogP contribution in [0.15, 0.2) is 42.5 Å². The van der Waals surface area contributed by atoms with Crippen LogP contribution in [0.3, 0.4) is 0 Å². The van der Waals surface area contributed by atoms with Crippen molar-refractivity contribution in [1.82, 2.24) is 5.32 Å². The Morgan fingerprint density at radius 3 is 2.69 bits per heavy atom. The monoisotopic (exact) mass is 456 g/mol. The first-order valence-corrected chi connectivity index (χ1v) is 12.0. The minimum Gasteiger partial charge on any atom is -0.448 e. The number of hydrogen-bond acceptors (Lipinski definition) is 5. The van der Waals surface area contributed by atoms with Crippen molar-refractivity contribution in [2.75, 3.05) is 11.1 Å². The van der Waals surface area contributed by atoms with Crippen LogP contribution in [0, 0.1) is 5.82 Å². The molecule has 0 unspecified atom stereocenters. The molecule has 32 heavy (non-hydrogen) atoms. The third-order valence-corrected chi connectivity index (χ3v) is 7.48. The zero-order chi connectivity index (χ0) is 22.1. The Bertz CT molecular complexity index is 1040. The Morgan fingerprint density at radius 2 is 1.91 bits per heavy atom. The SMILES string of the molecule is O=C(Nc1ccc2c(c1)OC1(CCCCC1)O2)[C@@H]1CS[C@@H](Cc2ccccc2F)C(=O)N1. The summed E-state index contributed by atoms with van der Waals surface area (Å²) in [4.78, 5) is 25.3. The van der Waals surface area contributed by atoms with Gasteiger partial charge in [-0.05, 0) is 43.0 Å². The summed E-state index contributed by atoms with van der Waals surface area (Å²) >= 11 is 1.37. The van der Waals surface area contributed by atoms with Gasteiger partial charge in [0.1, 0.15) is 11.9 Å². The van der Waals surface area contributed by atoms with E-state index in [9.17, 15) is 14.0 Å². The zero-order valence-corrected chi connectivity index (χ0v) is 18.4. The molecule has 1 saturated carbocycles. The number of benzene rings is 2. The van der Waals surface area contributed by atoms with Crippen LogP contribution in [-0.4, -0.2) is 34.6 Å². The van der Waals surface area contributed by atoms with Gasteiger partial charge in [0, 0.05) is 30.3 Å². The lowest BCUT2D eigenvalue weighted by Crippen LogP contribution is -2.52. The topological polar surface area (TPSA) is 76.7 Å². The Labute approximate surface area is 190 Å². The van der Waals surface area contributed by atoms with Gasteiger partial charge in [0.25, 0.3) is 5.79 Å². The second kappa shape index (κ2) is 8.65. The highest BCUT2D eigenvalue weighted by molar-refractivity contribution is 8.00. The van der Waals surface area contributed by atoms with E-state index in [-0.39, 0.29) is 17.6 Å². The number of fused-ring (bicyclic) bond motifs is 1. The number of carbonyl (C=O) groups excluding carboxylic acids is 2. The van der Waals surface area contributed by atoms with Crippen LogP contribution in [0.4, 0.5) is 10.1 Å². The number of rotatable bonds is 4. The minimum absolute atomic E-state index is 0.255. The second-order valence-electron chi connectivity index (χ2n) is 8.50. The van der Waals surface area contributed by atoms with Gasteiger partial charge in [0.15, 0.2) is 11.5 Å². The van der Waals surface area contributed by atoms with Gasteiger partial charge in [0.05, 0.1) is 5.25 Å². The number of carbonyl (C=O) groups is 2. The molecule has 2 N–H and O–H groups in total. The smallest absolute Gasteiger partial charge is 0.251 e. The molecule has 168 valence electrons. The number of halogens is 1. The fraction of sp³-hybridized carbons (Fsp3) is 0.417. The van der Waals surface area contributed by atoms with E-state index < -0.39 is 17.1 Å². The average molecular weight is 457 g/mol. The third kappa shape index (κ3) is 4.28. The molecule has 2 heterocycles. The molecule has 2 aliphatic heterocycles. The van der Waals surface area contributed by atoms with Crippen molar-refractivity contribution in [1.29, 1.82) is 0 Å². The predicted octanol–water partition coefficient (Wildman–Crippen LogP) is 4.04. The lowest BCUT2D eigenvalue weighted by atomic mass is 9.94. The molecule has 2 aromatic rings. The molecule has 2 aromatic carbocycles. The maximum absolute atomic E-state index is 13.9. The summed E-state index contributed by atoms with van der Waals surface area (Å²) in [5, 5.41) is 5.22. The first kappa shape index (κ1) is 21.1. The Morgan fingerprint density at radius 1 is 1.12 bits per heavy atom. The maximum Gasteiger partial charge on any atom is 0.251 e. The molecule has 6 nitrogen and oxygen atoms in total. The molecule has 8 heteroatoms. The summed E-state index contributed by atoms with van der Waals surface area (Å²) < 4.78 is 26.1. The van der Waals surface area contributed by atoms with Crippen molar-refractivity contribution in [3.8, 4) is 11.5 Å². The molecule has 2 fully saturated rings. The van der Waals surface area contributed by atoms with Crippen LogP contribution in [0.1, 0.15) is 37.7 Å². The Balaban J connectivity index is 1.18. The summed E-state index contributed by atoms with van der Waals surface area (Å²) in [7, 11) is 0. The molecule has 1 aliphatic carbocycles. The lowest BCUT2D eigenvalue weighted by Gasteiger charge is -2.31. The Hall–Kier alpha value is -2.74. The maximum atomic E-state index is 13.9. The minimum atomic E-state index is -0.653. The molecule has 1 saturated heterocycles. The number of thioether (sulfide) groups is 1. The van der Waals surface area contributed by atoms with Crippen molar-refractivity contribution < 1.29 is 23.5 Å². The second-order valence-corrected chi connectivity index (χ2v) is 9.74. The van der Waals surface area contributed by atoms with Gasteiger partial charge in [0.2, 0.25) is 11.8 Å². The van der Waals surface area contributed by atoms with Crippen LogP contribution >= 0.6 is 11.8 Å². The van der Waals surface area contributed by atoms with E-state index in [1.54, 1.807) is 30.3 Å². The van der Waals surface area contributed by atoms with Gasteiger partial charge in [-0.15, -0.1) is 11.8 Å². The van der Waals surface area contributed by atoms with E-state index in [4.69, 9.17) is 9.47 Å². The number of amides is 2. The number of hydrogen-bond donors (Lipinski definition) is 2. The predicted molar refractivity (Wildman–Crippen MR) is 120 cm³/mol. The van der Waals surface area contributed by atoms with Crippen LogP contribution in [-0.2, 0) is 16.0 Å². The molecule has 3 aliphatic rings. The van der Waals surface area contributed by atoms with E-state index in [2.05, 4.69) is 10.6 Å². The van der Waals surface area contributed by atoms with Crippen molar-refractivity contribution in [3.05, 3.63) is 53.8 Å². The molecule has 1 spiro atoms. The first-order chi connectivity index (χ1) is 15.5. The van der Waals surface area contributed by atoms with E-state index in [1.807, 2.05) is 6.07 Å². The van der Waals surface area contributed by atoms with Crippen LogP contribution in [0.5, 0.6) is 11.5 Å². The standard InChI is InChI=1S/C24H25FN2O4S/c25-17-7-3-2-6-15(17)12-21-23(29)27-18(14-32-21)22(28)26-16-8-9-19-20(13-16)31-24(30-19)10-4-1-5-11-24/h2-3,6-9,13,18,21H,1,4-5,10-12,14H2,(H,26,28)(H,27,29)/t18-,21-/m0/s1. The molecular weight excluding hydrogens is 431 g/mol. The Kier molecular flexibility index (Phi) is 5.71. The van der Waals surface area contributed by atoms with Gasteiger partial charge in [-0.3, -0.25) is 9.59 Å². The molecule has 0 aromatic heterocycles. The van der Waals surface area contributed by atoms with Gasteiger partial charge in [-0.2, -0.15) is 0 Å². The van der Waals surface area contributed by atoms with Crippen LogP contribution in [0.2, 0.25) is 0 Å². The highest BCUT2D eigenvalue weighted by atomic mass is 32.2. The quantitative estimate of drug-likeness (QED) is 0.726. The molecular formula is C24H25FN2O4S. The molecule has 0 bridgehead atoms. The zero-order valence-electron chi connectivity index (χ0n) is 17.6. The van der Waals surface area contributed by atoms with Gasteiger partial charge in [-0.1, -0.05) is 24.6 Å². The summed E-state index contributed by atoms with van der Waals surface area (Å²) in [6.07, 6.45) is 5.37. The number of nitrogens with one attached hydrogen (secondary N) is 2. The molecule has 0 radical (unpaired) electrons. The van der Waals surface area contributed by atoms with Crippen LogP contribution in [0.25, 0.3) is 0 Å². The largest absolute Gasteiger partial charge is 0.448 e. The molecule has 2 atom stereocenters. The number of ether oxygens (including phenoxy) is 2. The van der Waals surface area contributed by atoms with E-state index in [0.717, 1.165) is 25.7 Å². The van der Waals surface area contributed by atoms with E-state index >= 15 is 0 Å². The normalized spacial score (nSPS) is 23.6. The van der Waals surface area contributed by atoms with Crippen molar-refractivity contribution in [2.24, 2.45) is 0 Å². The first-order valence-electron chi connectivity index (χ1n) is 11.0. The highest BCUT2D eigenvalue weighted by Crippen LogP contribution is 2.46.